The Balaban J connectivity index is 1.40. The predicted molar refractivity (Wildman–Crippen MR) is 146 cm³/mol. The molecular weight excluding hydrogens is 524 g/mol. The lowest BCUT2D eigenvalue weighted by atomic mass is 9.97. The van der Waals surface area contributed by atoms with Crippen molar-refractivity contribution in [1.82, 2.24) is 10.3 Å². The van der Waals surface area contributed by atoms with Gasteiger partial charge in [-0.25, -0.2) is 13.8 Å². The van der Waals surface area contributed by atoms with Gasteiger partial charge in [0, 0.05) is 12.3 Å². The highest BCUT2D eigenvalue weighted by molar-refractivity contribution is 7.19. The number of hydrogen-bond donors (Lipinski definition) is 3. The first-order valence-corrected chi connectivity index (χ1v) is 14.1. The van der Waals surface area contributed by atoms with Gasteiger partial charge in [-0.1, -0.05) is 68.2 Å². The van der Waals surface area contributed by atoms with Gasteiger partial charge in [-0.3, -0.25) is 9.59 Å². The van der Waals surface area contributed by atoms with E-state index in [1.807, 2.05) is 31.2 Å². The van der Waals surface area contributed by atoms with Gasteiger partial charge in [0.15, 0.2) is 11.2 Å². The van der Waals surface area contributed by atoms with Gasteiger partial charge in [-0.05, 0) is 48.1 Å². The van der Waals surface area contributed by atoms with E-state index in [0.717, 1.165) is 41.0 Å². The summed E-state index contributed by atoms with van der Waals surface area (Å²) in [5.41, 5.74) is 1.79. The lowest BCUT2D eigenvalue weighted by Crippen LogP contribution is -2.45. The number of nitrogens with one attached hydrogen (secondary N) is 2. The van der Waals surface area contributed by atoms with E-state index in [1.54, 1.807) is 6.20 Å². The van der Waals surface area contributed by atoms with Gasteiger partial charge in [0.05, 0.1) is 17.6 Å². The number of rotatable bonds is 11. The van der Waals surface area contributed by atoms with Crippen LogP contribution < -0.4 is 10.6 Å². The van der Waals surface area contributed by atoms with Gasteiger partial charge in [0.25, 0.3) is 5.91 Å². The van der Waals surface area contributed by atoms with Crippen molar-refractivity contribution in [2.75, 3.05) is 5.32 Å². The number of aromatic nitrogens is 1. The number of aliphatic hydroxyl groups excluding tert-OH is 1. The Labute approximate surface area is 230 Å². The van der Waals surface area contributed by atoms with Gasteiger partial charge in [-0.15, -0.1) is 0 Å². The molecule has 4 rings (SSSR count). The molecule has 208 valence electrons. The van der Waals surface area contributed by atoms with Crippen molar-refractivity contribution in [3.05, 3.63) is 71.4 Å². The molecule has 0 saturated heterocycles. The first-order valence-electron chi connectivity index (χ1n) is 13.2. The zero-order valence-corrected chi connectivity index (χ0v) is 22.6. The topological polar surface area (TPSA) is 101 Å². The van der Waals surface area contributed by atoms with Gasteiger partial charge < -0.3 is 20.5 Å². The van der Waals surface area contributed by atoms with Crippen LogP contribution in [-0.4, -0.2) is 34.1 Å². The van der Waals surface area contributed by atoms with Gasteiger partial charge in [0.1, 0.15) is 17.7 Å². The first kappa shape index (κ1) is 28.8. The summed E-state index contributed by atoms with van der Waals surface area (Å²) in [7, 11) is 0. The van der Waals surface area contributed by atoms with Crippen LogP contribution in [0.4, 0.5) is 13.9 Å². The van der Waals surface area contributed by atoms with Gasteiger partial charge in [-0.2, -0.15) is 0 Å². The quantitative estimate of drug-likeness (QED) is 0.273. The molecule has 7 nitrogen and oxygen atoms in total. The molecule has 0 spiro atoms. The fourth-order valence-electron chi connectivity index (χ4n) is 4.67. The Kier molecular flexibility index (Phi) is 10.1. The lowest BCUT2D eigenvalue weighted by molar-refractivity contribution is -0.133. The fourth-order valence-corrected chi connectivity index (χ4v) is 5.55. The fraction of sp³-hybridized carbons (Fsp3) is 0.414. The second-order valence-corrected chi connectivity index (χ2v) is 10.7. The molecule has 3 aromatic rings. The maximum absolute atomic E-state index is 13.5. The molecule has 2 aromatic carbocycles. The summed E-state index contributed by atoms with van der Waals surface area (Å²) in [6, 6.07) is 9.35. The predicted octanol–water partition coefficient (Wildman–Crippen LogP) is 5.89. The molecule has 0 unspecified atom stereocenters. The molecule has 10 heteroatoms. The van der Waals surface area contributed by atoms with Crippen LogP contribution >= 0.6 is 11.3 Å². The minimum atomic E-state index is -1.83. The number of carbonyl (C=O) groups is 2. The molecule has 2 amide bonds. The van der Waals surface area contributed by atoms with Crippen molar-refractivity contribution in [3.63, 3.8) is 0 Å². The molecule has 39 heavy (non-hydrogen) atoms. The number of ether oxygens (including phenoxy) is 1. The number of benzene rings is 2. The SMILES string of the molecule is CCC[C@H](NC(=O)[C@H](O)c1cc(F)cc(F)c1)C(=O)Nc1ncc(-c2ccccc2COC2CCCCC2)s1. The van der Waals surface area contributed by atoms with Crippen molar-refractivity contribution in [1.29, 1.82) is 0 Å². The van der Waals surface area contributed by atoms with Crippen molar-refractivity contribution in [3.8, 4) is 10.4 Å². The summed E-state index contributed by atoms with van der Waals surface area (Å²) in [5.74, 6) is -3.26. The molecule has 3 N–H and O–H groups in total. The molecule has 0 aliphatic heterocycles. The maximum atomic E-state index is 13.5. The number of carbonyl (C=O) groups excluding carboxylic acids is 2. The lowest BCUT2D eigenvalue weighted by Gasteiger charge is -2.22. The molecule has 1 saturated carbocycles. The maximum Gasteiger partial charge on any atom is 0.254 e. The largest absolute Gasteiger partial charge is 0.378 e. The number of amides is 2. The molecule has 1 fully saturated rings. The Morgan fingerprint density at radius 1 is 1.10 bits per heavy atom. The summed E-state index contributed by atoms with van der Waals surface area (Å²) >= 11 is 1.31. The number of nitrogens with zero attached hydrogens (tertiary/aromatic N) is 1. The minimum absolute atomic E-state index is 0.239. The van der Waals surface area contributed by atoms with Crippen LogP contribution in [0.1, 0.15) is 69.1 Å². The summed E-state index contributed by atoms with van der Waals surface area (Å²) in [4.78, 5) is 30.8. The minimum Gasteiger partial charge on any atom is -0.378 e. The van der Waals surface area contributed by atoms with E-state index >= 15 is 0 Å². The number of anilines is 1. The van der Waals surface area contributed by atoms with E-state index in [9.17, 15) is 23.5 Å². The van der Waals surface area contributed by atoms with Gasteiger partial charge >= 0.3 is 0 Å². The van der Waals surface area contributed by atoms with Crippen LogP contribution in [0.3, 0.4) is 0 Å². The van der Waals surface area contributed by atoms with Crippen LogP contribution in [0, 0.1) is 11.6 Å². The second kappa shape index (κ2) is 13.7. The van der Waals surface area contributed by atoms with E-state index in [0.29, 0.717) is 30.6 Å². The van der Waals surface area contributed by atoms with Crippen LogP contribution in [0.15, 0.2) is 48.7 Å². The Morgan fingerprint density at radius 3 is 2.54 bits per heavy atom. The third-order valence-corrected chi connectivity index (χ3v) is 7.65. The zero-order chi connectivity index (χ0) is 27.8. The number of aliphatic hydroxyl groups is 1. The Morgan fingerprint density at radius 2 is 1.82 bits per heavy atom. The van der Waals surface area contributed by atoms with E-state index in [4.69, 9.17) is 4.74 Å². The summed E-state index contributed by atoms with van der Waals surface area (Å²) in [6.45, 7) is 2.35. The van der Waals surface area contributed by atoms with Crippen molar-refractivity contribution >= 4 is 28.3 Å². The second-order valence-electron chi connectivity index (χ2n) is 9.70. The highest BCUT2D eigenvalue weighted by Crippen LogP contribution is 2.33. The highest BCUT2D eigenvalue weighted by Gasteiger charge is 2.26. The molecule has 0 bridgehead atoms. The summed E-state index contributed by atoms with van der Waals surface area (Å²) in [6.07, 6.45) is 6.85. The van der Waals surface area contributed by atoms with E-state index in [2.05, 4.69) is 15.6 Å². The van der Waals surface area contributed by atoms with Crippen molar-refractivity contribution in [2.24, 2.45) is 0 Å². The average molecular weight is 558 g/mol. The van der Waals surface area contributed by atoms with Gasteiger partial charge in [0.2, 0.25) is 5.91 Å². The molecule has 0 radical (unpaired) electrons. The van der Waals surface area contributed by atoms with E-state index < -0.39 is 35.6 Å². The van der Waals surface area contributed by atoms with Crippen LogP contribution in [0.25, 0.3) is 10.4 Å². The van der Waals surface area contributed by atoms with Crippen LogP contribution in [0.2, 0.25) is 0 Å². The van der Waals surface area contributed by atoms with Crippen molar-refractivity contribution < 1.29 is 28.2 Å². The number of thiazole rings is 1. The molecule has 2 atom stereocenters. The third kappa shape index (κ3) is 7.90. The zero-order valence-electron chi connectivity index (χ0n) is 21.8. The van der Waals surface area contributed by atoms with Crippen LogP contribution in [0.5, 0.6) is 0 Å². The molecule has 1 aliphatic rings. The summed E-state index contributed by atoms with van der Waals surface area (Å²) < 4.78 is 33.2. The monoisotopic (exact) mass is 557 g/mol. The Hall–Kier alpha value is -3.21. The number of hydrogen-bond acceptors (Lipinski definition) is 6. The van der Waals surface area contributed by atoms with Crippen molar-refractivity contribution in [2.45, 2.75) is 76.7 Å². The average Bonchev–Trinajstić information content (AvgIpc) is 3.39. The summed E-state index contributed by atoms with van der Waals surface area (Å²) in [5, 5.41) is 15.9. The van der Waals surface area contributed by atoms with E-state index in [1.165, 1.54) is 30.6 Å². The number of halogens is 2. The normalized spacial score (nSPS) is 15.5. The highest BCUT2D eigenvalue weighted by atomic mass is 32.1. The smallest absolute Gasteiger partial charge is 0.254 e. The molecular formula is C29H33F2N3O4S. The third-order valence-electron chi connectivity index (χ3n) is 6.70. The molecule has 1 heterocycles. The first-order chi connectivity index (χ1) is 18.8. The molecule has 1 aromatic heterocycles. The molecule has 1 aliphatic carbocycles. The Bertz CT molecular complexity index is 1260. The van der Waals surface area contributed by atoms with Crippen LogP contribution in [-0.2, 0) is 20.9 Å². The van der Waals surface area contributed by atoms with E-state index in [-0.39, 0.29) is 11.7 Å². The standard InChI is InChI=1S/C29H33F2N3O4S/c1-2-8-24(33-28(37)26(35)19-13-20(30)15-21(31)14-19)27(36)34-29-32-16-25(39-29)23-12-7-6-9-18(23)17-38-22-10-4-3-5-11-22/h6-7,9,12-16,22,24,26,35H,2-5,8,10-11,17H2,1H3,(H,33,37)(H,32,34,36)/t24-,26+/m0/s1.